The third kappa shape index (κ3) is 3.79. The van der Waals surface area contributed by atoms with E-state index in [0.29, 0.717) is 39.1 Å². The monoisotopic (exact) mass is 270 g/mol. The third-order valence-electron chi connectivity index (χ3n) is 3.01. The molecule has 2 heterocycles. The van der Waals surface area contributed by atoms with Gasteiger partial charge in [0.25, 0.3) is 0 Å². The van der Waals surface area contributed by atoms with E-state index in [2.05, 4.69) is 32.9 Å². The molecule has 1 saturated heterocycles. The Labute approximate surface area is 113 Å². The van der Waals surface area contributed by atoms with Crippen LogP contribution in [0.4, 0.5) is 0 Å². The van der Waals surface area contributed by atoms with Gasteiger partial charge >= 0.3 is 0 Å². The van der Waals surface area contributed by atoms with E-state index in [4.69, 9.17) is 14.2 Å². The Morgan fingerprint density at radius 3 is 2.67 bits per heavy atom. The topological polar surface area (TPSA) is 27.7 Å². The van der Waals surface area contributed by atoms with Gasteiger partial charge in [0.2, 0.25) is 0 Å². The predicted molar refractivity (Wildman–Crippen MR) is 72.9 cm³/mol. The fraction of sp³-hybridized carbons (Fsp3) is 0.714. The molecule has 1 fully saturated rings. The molecule has 2 rings (SSSR count). The lowest BCUT2D eigenvalue weighted by molar-refractivity contribution is -0.176. The van der Waals surface area contributed by atoms with Gasteiger partial charge in [-0.3, -0.25) is 0 Å². The van der Waals surface area contributed by atoms with Gasteiger partial charge in [-0.2, -0.15) is 0 Å². The number of rotatable bonds is 5. The molecule has 1 aliphatic rings. The van der Waals surface area contributed by atoms with Crippen molar-refractivity contribution < 1.29 is 14.2 Å². The Balaban J connectivity index is 1.77. The smallest absolute Gasteiger partial charge is 0.146 e. The first-order valence-corrected chi connectivity index (χ1v) is 7.23. The van der Waals surface area contributed by atoms with Crippen LogP contribution >= 0.6 is 11.3 Å². The quantitative estimate of drug-likeness (QED) is 0.820. The summed E-state index contributed by atoms with van der Waals surface area (Å²) in [7, 11) is 0. The summed E-state index contributed by atoms with van der Waals surface area (Å²) in [5.74, 6) is 0.599. The number of hydrogen-bond acceptors (Lipinski definition) is 4. The summed E-state index contributed by atoms with van der Waals surface area (Å²) in [5.41, 5.74) is -0.00358. The Hall–Kier alpha value is -0.420. The Kier molecular flexibility index (Phi) is 4.78. The van der Waals surface area contributed by atoms with Gasteiger partial charge < -0.3 is 14.2 Å². The molecule has 0 aromatic carbocycles. The molecule has 0 unspecified atom stereocenters. The van der Waals surface area contributed by atoms with E-state index in [9.17, 15) is 0 Å². The second-order valence-corrected chi connectivity index (χ2v) is 6.78. The fourth-order valence-electron chi connectivity index (χ4n) is 1.94. The van der Waals surface area contributed by atoms with Crippen molar-refractivity contribution in [3.05, 3.63) is 21.9 Å². The maximum absolute atomic E-state index is 5.81. The molecular formula is C14H22O3S. The largest absolute Gasteiger partial charge is 0.375 e. The van der Waals surface area contributed by atoms with Crippen LogP contribution in [-0.2, 0) is 20.8 Å². The molecule has 0 bridgehead atoms. The van der Waals surface area contributed by atoms with Gasteiger partial charge in [0, 0.05) is 15.2 Å². The van der Waals surface area contributed by atoms with E-state index in [1.807, 2.05) is 11.3 Å². The Bertz CT molecular complexity index is 367. The van der Waals surface area contributed by atoms with E-state index >= 15 is 0 Å². The summed E-state index contributed by atoms with van der Waals surface area (Å²) >= 11 is 1.84. The predicted octanol–water partition coefficient (Wildman–Crippen LogP) is 3.40. The van der Waals surface area contributed by atoms with Gasteiger partial charge in [-0.25, -0.2) is 0 Å². The van der Waals surface area contributed by atoms with Crippen LogP contribution in [0.5, 0.6) is 0 Å². The van der Waals surface area contributed by atoms with Gasteiger partial charge in [0.1, 0.15) is 6.79 Å². The third-order valence-corrected chi connectivity index (χ3v) is 4.37. The molecule has 18 heavy (non-hydrogen) atoms. The number of thiophene rings is 1. The zero-order valence-corrected chi connectivity index (χ0v) is 12.2. The van der Waals surface area contributed by atoms with Crippen molar-refractivity contribution in [2.45, 2.75) is 33.3 Å². The molecule has 1 aliphatic heterocycles. The summed E-state index contributed by atoms with van der Waals surface area (Å²) in [6.45, 7) is 9.79. The normalized spacial score (nSPS) is 19.3. The SMILES string of the molecule is CC(C)c1ccc(COCC2(C)COCOC2)s1. The summed E-state index contributed by atoms with van der Waals surface area (Å²) < 4.78 is 16.5. The summed E-state index contributed by atoms with van der Waals surface area (Å²) in [6, 6.07) is 4.36. The van der Waals surface area contributed by atoms with Gasteiger partial charge in [-0.15, -0.1) is 11.3 Å². The van der Waals surface area contributed by atoms with Crippen molar-refractivity contribution in [3.8, 4) is 0 Å². The summed E-state index contributed by atoms with van der Waals surface area (Å²) in [6.07, 6.45) is 0. The number of hydrogen-bond donors (Lipinski definition) is 0. The summed E-state index contributed by atoms with van der Waals surface area (Å²) in [4.78, 5) is 2.71. The molecule has 0 radical (unpaired) electrons. The fourth-order valence-corrected chi connectivity index (χ4v) is 2.89. The Morgan fingerprint density at radius 1 is 1.33 bits per heavy atom. The van der Waals surface area contributed by atoms with Crippen LogP contribution in [0.1, 0.15) is 36.4 Å². The van der Waals surface area contributed by atoms with Crippen molar-refractivity contribution in [2.24, 2.45) is 5.41 Å². The molecule has 1 aromatic heterocycles. The first-order chi connectivity index (χ1) is 8.59. The van der Waals surface area contributed by atoms with Crippen LogP contribution < -0.4 is 0 Å². The average molecular weight is 270 g/mol. The summed E-state index contributed by atoms with van der Waals surface area (Å²) in [5, 5.41) is 0. The van der Waals surface area contributed by atoms with Crippen molar-refractivity contribution in [2.75, 3.05) is 26.6 Å². The van der Waals surface area contributed by atoms with Crippen molar-refractivity contribution in [1.29, 1.82) is 0 Å². The lowest BCUT2D eigenvalue weighted by Crippen LogP contribution is -2.38. The molecule has 0 amide bonds. The van der Waals surface area contributed by atoms with E-state index < -0.39 is 0 Å². The van der Waals surface area contributed by atoms with Crippen molar-refractivity contribution in [3.63, 3.8) is 0 Å². The maximum atomic E-state index is 5.81. The van der Waals surface area contributed by atoms with Crippen LogP contribution in [0.25, 0.3) is 0 Å². The highest BCUT2D eigenvalue weighted by Gasteiger charge is 2.28. The minimum atomic E-state index is -0.00358. The molecule has 0 atom stereocenters. The second-order valence-electron chi connectivity index (χ2n) is 5.58. The van der Waals surface area contributed by atoms with Crippen LogP contribution in [0.2, 0.25) is 0 Å². The minimum Gasteiger partial charge on any atom is -0.375 e. The maximum Gasteiger partial charge on any atom is 0.146 e. The standard InChI is InChI=1S/C14H22O3S/c1-11(2)13-5-4-12(18-13)6-15-7-14(3)8-16-10-17-9-14/h4-5,11H,6-10H2,1-3H3. The van der Waals surface area contributed by atoms with Crippen molar-refractivity contribution >= 4 is 11.3 Å². The molecule has 102 valence electrons. The molecular weight excluding hydrogens is 248 g/mol. The molecule has 0 spiro atoms. The number of ether oxygens (including phenoxy) is 3. The molecule has 0 aliphatic carbocycles. The van der Waals surface area contributed by atoms with E-state index in [1.54, 1.807) is 0 Å². The van der Waals surface area contributed by atoms with Crippen LogP contribution in [-0.4, -0.2) is 26.6 Å². The van der Waals surface area contributed by atoms with Crippen LogP contribution in [0.3, 0.4) is 0 Å². The first kappa shape index (κ1) is 14.0. The first-order valence-electron chi connectivity index (χ1n) is 6.41. The Morgan fingerprint density at radius 2 is 2.06 bits per heavy atom. The average Bonchev–Trinajstić information content (AvgIpc) is 2.78. The lowest BCUT2D eigenvalue weighted by atomic mass is 9.94. The van der Waals surface area contributed by atoms with Crippen molar-refractivity contribution in [1.82, 2.24) is 0 Å². The minimum absolute atomic E-state index is 0.00358. The highest BCUT2D eigenvalue weighted by Crippen LogP contribution is 2.26. The molecule has 3 nitrogen and oxygen atoms in total. The van der Waals surface area contributed by atoms with E-state index in [0.717, 1.165) is 0 Å². The highest BCUT2D eigenvalue weighted by atomic mass is 32.1. The second kappa shape index (κ2) is 6.15. The van der Waals surface area contributed by atoms with Crippen LogP contribution in [0, 0.1) is 5.41 Å². The van der Waals surface area contributed by atoms with Gasteiger partial charge in [0.05, 0.1) is 26.4 Å². The lowest BCUT2D eigenvalue weighted by Gasteiger charge is -2.32. The zero-order chi connectivity index (χ0) is 13.0. The van der Waals surface area contributed by atoms with E-state index in [1.165, 1.54) is 9.75 Å². The zero-order valence-electron chi connectivity index (χ0n) is 11.4. The highest BCUT2D eigenvalue weighted by molar-refractivity contribution is 7.12. The van der Waals surface area contributed by atoms with Gasteiger partial charge in [0.15, 0.2) is 0 Å². The molecule has 0 saturated carbocycles. The molecule has 1 aromatic rings. The molecule has 4 heteroatoms. The van der Waals surface area contributed by atoms with Gasteiger partial charge in [-0.05, 0) is 18.1 Å². The van der Waals surface area contributed by atoms with Crippen LogP contribution in [0.15, 0.2) is 12.1 Å². The van der Waals surface area contributed by atoms with Gasteiger partial charge in [-0.1, -0.05) is 20.8 Å². The molecule has 0 N–H and O–H groups in total. The van der Waals surface area contributed by atoms with E-state index in [-0.39, 0.29) is 5.41 Å².